The molecule has 4 N–H and O–H groups in total. The van der Waals surface area contributed by atoms with Crippen molar-refractivity contribution in [3.05, 3.63) is 36.0 Å². The van der Waals surface area contributed by atoms with Crippen molar-refractivity contribution >= 4 is 17.2 Å². The third-order valence-electron chi connectivity index (χ3n) is 2.84. The van der Waals surface area contributed by atoms with Crippen LogP contribution in [-0.2, 0) is 0 Å². The Hall–Kier alpha value is -1.97. The van der Waals surface area contributed by atoms with Gasteiger partial charge in [0.25, 0.3) is 0 Å². The molecule has 0 saturated heterocycles. The molecule has 0 unspecified atom stereocenters. The van der Waals surface area contributed by atoms with E-state index in [1.807, 2.05) is 24.3 Å². The average molecular weight is 214 g/mol. The molecule has 4 nitrogen and oxygen atoms in total. The highest BCUT2D eigenvalue weighted by atomic mass is 15.2. The number of aromatic nitrogens is 2. The highest BCUT2D eigenvalue weighted by molar-refractivity contribution is 5.70. The van der Waals surface area contributed by atoms with E-state index in [1.54, 1.807) is 0 Å². The summed E-state index contributed by atoms with van der Waals surface area (Å²) in [6.45, 7) is 0. The summed E-state index contributed by atoms with van der Waals surface area (Å²) in [6.07, 6.45) is 2.55. The standard InChI is InChI=1S/C12H14N4/c13-9-3-1-2-4-10(9)14-12-7-11(15-16-12)8-5-6-8/h1-4,7-8H,5-6,13H2,(H2,14,15,16). The average Bonchev–Trinajstić information content (AvgIpc) is 3.03. The molecule has 1 saturated carbocycles. The summed E-state index contributed by atoms with van der Waals surface area (Å²) in [5.41, 5.74) is 8.70. The van der Waals surface area contributed by atoms with Gasteiger partial charge in [0.1, 0.15) is 0 Å². The van der Waals surface area contributed by atoms with Crippen molar-refractivity contribution in [3.8, 4) is 0 Å². The lowest BCUT2D eigenvalue weighted by Gasteiger charge is -2.05. The number of benzene rings is 1. The van der Waals surface area contributed by atoms with E-state index in [-0.39, 0.29) is 0 Å². The first-order chi connectivity index (χ1) is 7.83. The maximum atomic E-state index is 5.85. The minimum atomic E-state index is 0.691. The number of anilines is 3. The monoisotopic (exact) mass is 214 g/mol. The Kier molecular flexibility index (Phi) is 2.06. The molecule has 1 aliphatic carbocycles. The molecule has 1 aromatic heterocycles. The molecular formula is C12H14N4. The zero-order valence-corrected chi connectivity index (χ0v) is 8.90. The fraction of sp³-hybridized carbons (Fsp3) is 0.250. The molecule has 2 aromatic rings. The lowest BCUT2D eigenvalue weighted by molar-refractivity contribution is 0.967. The van der Waals surface area contributed by atoms with Crippen molar-refractivity contribution < 1.29 is 0 Å². The molecule has 16 heavy (non-hydrogen) atoms. The summed E-state index contributed by atoms with van der Waals surface area (Å²) in [5.74, 6) is 1.52. The predicted octanol–water partition coefficient (Wildman–Crippen LogP) is 2.61. The second-order valence-electron chi connectivity index (χ2n) is 4.20. The molecule has 0 radical (unpaired) electrons. The first kappa shape index (κ1) is 9.27. The first-order valence-electron chi connectivity index (χ1n) is 5.50. The maximum absolute atomic E-state index is 5.85. The van der Waals surface area contributed by atoms with Gasteiger partial charge in [0.15, 0.2) is 5.82 Å². The van der Waals surface area contributed by atoms with Gasteiger partial charge in [-0.1, -0.05) is 12.1 Å². The van der Waals surface area contributed by atoms with Gasteiger partial charge >= 0.3 is 0 Å². The molecule has 1 aromatic carbocycles. The maximum Gasteiger partial charge on any atom is 0.152 e. The third-order valence-corrected chi connectivity index (χ3v) is 2.84. The molecule has 0 atom stereocenters. The van der Waals surface area contributed by atoms with Gasteiger partial charge in [0.05, 0.1) is 11.4 Å². The number of para-hydroxylation sites is 2. The molecule has 0 aliphatic heterocycles. The summed E-state index contributed by atoms with van der Waals surface area (Å²) >= 11 is 0. The van der Waals surface area contributed by atoms with Crippen molar-refractivity contribution in [1.29, 1.82) is 0 Å². The molecule has 4 heteroatoms. The number of H-pyrrole nitrogens is 1. The lowest BCUT2D eigenvalue weighted by Crippen LogP contribution is -1.95. The molecule has 0 spiro atoms. The van der Waals surface area contributed by atoms with E-state index < -0.39 is 0 Å². The van der Waals surface area contributed by atoms with E-state index in [1.165, 1.54) is 18.5 Å². The third kappa shape index (κ3) is 1.74. The smallest absolute Gasteiger partial charge is 0.152 e. The summed E-state index contributed by atoms with van der Waals surface area (Å²) in [5, 5.41) is 10.5. The van der Waals surface area contributed by atoms with Gasteiger partial charge in [-0.25, -0.2) is 0 Å². The van der Waals surface area contributed by atoms with E-state index in [0.717, 1.165) is 17.2 Å². The van der Waals surface area contributed by atoms with E-state index in [0.29, 0.717) is 5.92 Å². The zero-order chi connectivity index (χ0) is 11.0. The molecule has 0 bridgehead atoms. The number of nitrogens with zero attached hydrogens (tertiary/aromatic N) is 1. The number of nitrogens with one attached hydrogen (secondary N) is 2. The van der Waals surface area contributed by atoms with Crippen molar-refractivity contribution in [1.82, 2.24) is 10.2 Å². The summed E-state index contributed by atoms with van der Waals surface area (Å²) in [7, 11) is 0. The molecule has 82 valence electrons. The van der Waals surface area contributed by atoms with Gasteiger partial charge in [-0.3, -0.25) is 5.10 Å². The van der Waals surface area contributed by atoms with Gasteiger partial charge in [-0.05, 0) is 25.0 Å². The SMILES string of the molecule is Nc1ccccc1Nc1cc(C2CC2)[nH]n1. The van der Waals surface area contributed by atoms with E-state index in [9.17, 15) is 0 Å². The Morgan fingerprint density at radius 3 is 2.88 bits per heavy atom. The van der Waals surface area contributed by atoms with Crippen LogP contribution in [0.3, 0.4) is 0 Å². The molecule has 1 heterocycles. The molecule has 0 amide bonds. The number of nitrogen functional groups attached to an aromatic ring is 1. The Morgan fingerprint density at radius 1 is 1.31 bits per heavy atom. The number of hydrogen-bond acceptors (Lipinski definition) is 3. The number of hydrogen-bond donors (Lipinski definition) is 3. The highest BCUT2D eigenvalue weighted by Gasteiger charge is 2.25. The van der Waals surface area contributed by atoms with Crippen molar-refractivity contribution in [2.75, 3.05) is 11.1 Å². The van der Waals surface area contributed by atoms with Crippen LogP contribution in [0.4, 0.5) is 17.2 Å². The van der Waals surface area contributed by atoms with Gasteiger partial charge in [-0.15, -0.1) is 0 Å². The van der Waals surface area contributed by atoms with Gasteiger partial charge in [0.2, 0.25) is 0 Å². The number of nitrogens with two attached hydrogens (primary N) is 1. The van der Waals surface area contributed by atoms with E-state index in [2.05, 4.69) is 21.6 Å². The number of rotatable bonds is 3. The quantitative estimate of drug-likeness (QED) is 0.688. The number of aromatic amines is 1. The largest absolute Gasteiger partial charge is 0.397 e. The van der Waals surface area contributed by atoms with Crippen LogP contribution in [-0.4, -0.2) is 10.2 Å². The zero-order valence-electron chi connectivity index (χ0n) is 8.90. The molecule has 1 aliphatic rings. The van der Waals surface area contributed by atoms with Gasteiger partial charge in [0, 0.05) is 17.7 Å². The predicted molar refractivity (Wildman–Crippen MR) is 64.7 cm³/mol. The van der Waals surface area contributed by atoms with Crippen LogP contribution in [0.25, 0.3) is 0 Å². The highest BCUT2D eigenvalue weighted by Crippen LogP contribution is 2.39. The van der Waals surface area contributed by atoms with Crippen molar-refractivity contribution in [2.45, 2.75) is 18.8 Å². The van der Waals surface area contributed by atoms with Crippen molar-refractivity contribution in [2.24, 2.45) is 0 Å². The molecular weight excluding hydrogens is 200 g/mol. The van der Waals surface area contributed by atoms with Crippen LogP contribution in [0.2, 0.25) is 0 Å². The van der Waals surface area contributed by atoms with Crippen LogP contribution < -0.4 is 11.1 Å². The van der Waals surface area contributed by atoms with Crippen LogP contribution in [0, 0.1) is 0 Å². The van der Waals surface area contributed by atoms with Crippen LogP contribution in [0.15, 0.2) is 30.3 Å². The van der Waals surface area contributed by atoms with Crippen LogP contribution in [0.1, 0.15) is 24.5 Å². The van der Waals surface area contributed by atoms with Crippen LogP contribution >= 0.6 is 0 Å². The van der Waals surface area contributed by atoms with Gasteiger partial charge in [-0.2, -0.15) is 5.10 Å². The van der Waals surface area contributed by atoms with Crippen molar-refractivity contribution in [3.63, 3.8) is 0 Å². The summed E-state index contributed by atoms with van der Waals surface area (Å²) < 4.78 is 0. The second-order valence-corrected chi connectivity index (χ2v) is 4.20. The summed E-state index contributed by atoms with van der Waals surface area (Å²) in [6, 6.07) is 9.75. The Balaban J connectivity index is 1.80. The molecule has 1 fully saturated rings. The van der Waals surface area contributed by atoms with Gasteiger partial charge < -0.3 is 11.1 Å². The Bertz CT molecular complexity index is 499. The van der Waals surface area contributed by atoms with E-state index in [4.69, 9.17) is 5.73 Å². The minimum absolute atomic E-state index is 0.691. The first-order valence-corrected chi connectivity index (χ1v) is 5.50. The molecule has 3 rings (SSSR count). The topological polar surface area (TPSA) is 66.7 Å². The van der Waals surface area contributed by atoms with E-state index >= 15 is 0 Å². The second kappa shape index (κ2) is 3.56. The normalized spacial score (nSPS) is 15.0. The summed E-state index contributed by atoms with van der Waals surface area (Å²) in [4.78, 5) is 0. The fourth-order valence-electron chi connectivity index (χ4n) is 1.75. The fourth-order valence-corrected chi connectivity index (χ4v) is 1.75. The Labute approximate surface area is 93.9 Å². The Morgan fingerprint density at radius 2 is 2.12 bits per heavy atom. The lowest BCUT2D eigenvalue weighted by atomic mass is 10.2. The van der Waals surface area contributed by atoms with Crippen LogP contribution in [0.5, 0.6) is 0 Å². The minimum Gasteiger partial charge on any atom is -0.397 e.